The molecule has 15 heavy (non-hydrogen) atoms. The van der Waals surface area contributed by atoms with Crippen LogP contribution in [0.5, 0.6) is 0 Å². The van der Waals surface area contributed by atoms with Gasteiger partial charge in [0.1, 0.15) is 5.60 Å². The number of allylic oxidation sites excluding steroid dienone is 1. The molecule has 1 N–H and O–H groups in total. The van der Waals surface area contributed by atoms with Gasteiger partial charge in [-0.1, -0.05) is 13.8 Å². The minimum absolute atomic E-state index is 0.0633. The van der Waals surface area contributed by atoms with Crippen molar-refractivity contribution in [2.45, 2.75) is 64.4 Å². The van der Waals surface area contributed by atoms with Crippen LogP contribution >= 0.6 is 0 Å². The molecule has 1 aliphatic rings. The summed E-state index contributed by atoms with van der Waals surface area (Å²) in [6.07, 6.45) is 9.54. The van der Waals surface area contributed by atoms with E-state index < -0.39 is 0 Å². The van der Waals surface area contributed by atoms with E-state index in [2.05, 4.69) is 13.8 Å². The number of unbranched alkanes of at least 4 members (excludes halogenated alkanes) is 1. The Bertz CT molecular complexity index is 211. The summed E-state index contributed by atoms with van der Waals surface area (Å²) in [5, 5.41) is 8.78. The second kappa shape index (κ2) is 6.16. The van der Waals surface area contributed by atoms with E-state index in [1.165, 1.54) is 12.0 Å². The van der Waals surface area contributed by atoms with E-state index in [4.69, 9.17) is 9.84 Å². The Kier molecular flexibility index (Phi) is 5.16. The lowest BCUT2D eigenvalue weighted by atomic mass is 9.85. The number of ether oxygens (including phenoxy) is 1. The molecule has 0 amide bonds. The van der Waals surface area contributed by atoms with Crippen LogP contribution in [0.2, 0.25) is 0 Å². The molecule has 1 unspecified atom stereocenters. The largest absolute Gasteiger partial charge is 0.495 e. The second-order valence-corrected chi connectivity index (χ2v) is 4.46. The molecule has 1 heterocycles. The third kappa shape index (κ3) is 3.53. The van der Waals surface area contributed by atoms with E-state index in [0.29, 0.717) is 6.61 Å². The predicted octanol–water partition coefficient (Wildman–Crippen LogP) is 3.40. The highest BCUT2D eigenvalue weighted by Crippen LogP contribution is 2.35. The van der Waals surface area contributed by atoms with Crippen LogP contribution in [-0.4, -0.2) is 17.3 Å². The first-order chi connectivity index (χ1) is 7.26. The topological polar surface area (TPSA) is 29.5 Å². The fourth-order valence-corrected chi connectivity index (χ4v) is 2.15. The smallest absolute Gasteiger partial charge is 0.108 e. The second-order valence-electron chi connectivity index (χ2n) is 4.46. The van der Waals surface area contributed by atoms with E-state index in [-0.39, 0.29) is 5.60 Å². The van der Waals surface area contributed by atoms with E-state index in [9.17, 15) is 0 Å². The van der Waals surface area contributed by atoms with Gasteiger partial charge in [-0.15, -0.1) is 0 Å². The summed E-state index contributed by atoms with van der Waals surface area (Å²) in [6.45, 7) is 4.68. The lowest BCUT2D eigenvalue weighted by Crippen LogP contribution is -2.32. The molecule has 1 aliphatic heterocycles. The molecule has 0 bridgehead atoms. The summed E-state index contributed by atoms with van der Waals surface area (Å²) < 4.78 is 5.92. The van der Waals surface area contributed by atoms with Crippen molar-refractivity contribution < 1.29 is 9.84 Å². The Labute approximate surface area is 93.3 Å². The molecule has 88 valence electrons. The van der Waals surface area contributed by atoms with Crippen LogP contribution in [-0.2, 0) is 4.74 Å². The van der Waals surface area contributed by atoms with E-state index in [0.717, 1.165) is 38.5 Å². The summed E-state index contributed by atoms with van der Waals surface area (Å²) in [7, 11) is 0. The van der Waals surface area contributed by atoms with Crippen molar-refractivity contribution in [2.24, 2.45) is 0 Å². The predicted molar refractivity (Wildman–Crippen MR) is 62.7 cm³/mol. The molecular formula is C13H24O2. The van der Waals surface area contributed by atoms with Crippen LogP contribution in [0.15, 0.2) is 11.8 Å². The first kappa shape index (κ1) is 12.6. The lowest BCUT2D eigenvalue weighted by molar-refractivity contribution is -0.0127. The van der Waals surface area contributed by atoms with Gasteiger partial charge < -0.3 is 9.84 Å². The zero-order valence-electron chi connectivity index (χ0n) is 10.1. The molecule has 0 saturated carbocycles. The molecule has 1 atom stereocenters. The van der Waals surface area contributed by atoms with Gasteiger partial charge in [0.05, 0.1) is 6.26 Å². The third-order valence-corrected chi connectivity index (χ3v) is 3.52. The molecule has 0 spiro atoms. The average Bonchev–Trinajstić information content (AvgIpc) is 2.30. The van der Waals surface area contributed by atoms with Crippen LogP contribution in [0.4, 0.5) is 0 Å². The zero-order valence-corrected chi connectivity index (χ0v) is 10.1. The molecule has 1 rings (SSSR count). The monoisotopic (exact) mass is 212 g/mol. The van der Waals surface area contributed by atoms with Crippen LogP contribution in [0.1, 0.15) is 58.8 Å². The van der Waals surface area contributed by atoms with Gasteiger partial charge in [0, 0.05) is 6.61 Å². The highest BCUT2D eigenvalue weighted by atomic mass is 16.5. The average molecular weight is 212 g/mol. The molecule has 2 nitrogen and oxygen atoms in total. The van der Waals surface area contributed by atoms with Gasteiger partial charge in [-0.25, -0.2) is 0 Å². The van der Waals surface area contributed by atoms with Crippen molar-refractivity contribution in [1.82, 2.24) is 0 Å². The first-order valence-corrected chi connectivity index (χ1v) is 6.23. The summed E-state index contributed by atoms with van der Waals surface area (Å²) in [5.41, 5.74) is 1.50. The number of aliphatic hydroxyl groups excluding tert-OH is 1. The molecule has 0 saturated heterocycles. The Morgan fingerprint density at radius 2 is 2.20 bits per heavy atom. The molecule has 0 aromatic heterocycles. The maximum Gasteiger partial charge on any atom is 0.108 e. The van der Waals surface area contributed by atoms with Crippen LogP contribution in [0, 0.1) is 0 Å². The number of hydrogen-bond donors (Lipinski definition) is 1. The van der Waals surface area contributed by atoms with Crippen LogP contribution < -0.4 is 0 Å². The minimum Gasteiger partial charge on any atom is -0.495 e. The fraction of sp³-hybridized carbons (Fsp3) is 0.846. The van der Waals surface area contributed by atoms with Gasteiger partial charge in [0.2, 0.25) is 0 Å². The molecule has 0 aromatic carbocycles. The molecular weight excluding hydrogens is 188 g/mol. The Hall–Kier alpha value is -0.500. The van der Waals surface area contributed by atoms with Gasteiger partial charge in [-0.3, -0.25) is 0 Å². The van der Waals surface area contributed by atoms with Crippen molar-refractivity contribution >= 4 is 0 Å². The van der Waals surface area contributed by atoms with Crippen molar-refractivity contribution in [3.63, 3.8) is 0 Å². The van der Waals surface area contributed by atoms with Gasteiger partial charge in [0.25, 0.3) is 0 Å². The van der Waals surface area contributed by atoms with Gasteiger partial charge in [0.15, 0.2) is 0 Å². The van der Waals surface area contributed by atoms with E-state index in [1.807, 2.05) is 6.26 Å². The van der Waals surface area contributed by atoms with Gasteiger partial charge in [-0.05, 0) is 50.5 Å². The highest BCUT2D eigenvalue weighted by Gasteiger charge is 2.31. The van der Waals surface area contributed by atoms with Crippen LogP contribution in [0.25, 0.3) is 0 Å². The number of hydrogen-bond acceptors (Lipinski definition) is 2. The van der Waals surface area contributed by atoms with E-state index >= 15 is 0 Å². The summed E-state index contributed by atoms with van der Waals surface area (Å²) in [6, 6.07) is 0. The molecule has 0 radical (unpaired) electrons. The van der Waals surface area contributed by atoms with Gasteiger partial charge in [-0.2, -0.15) is 0 Å². The van der Waals surface area contributed by atoms with Crippen molar-refractivity contribution in [2.75, 3.05) is 6.61 Å². The minimum atomic E-state index is 0.0633. The summed E-state index contributed by atoms with van der Waals surface area (Å²) in [5.74, 6) is 0. The van der Waals surface area contributed by atoms with Crippen molar-refractivity contribution in [1.29, 1.82) is 0 Å². The summed E-state index contributed by atoms with van der Waals surface area (Å²) in [4.78, 5) is 0. The Morgan fingerprint density at radius 1 is 1.40 bits per heavy atom. The first-order valence-electron chi connectivity index (χ1n) is 6.23. The SMILES string of the molecule is CCC1=COC(CC)(CCCCO)CC1. The maximum absolute atomic E-state index is 8.78. The molecule has 0 aromatic rings. The fourth-order valence-electron chi connectivity index (χ4n) is 2.15. The summed E-state index contributed by atoms with van der Waals surface area (Å²) >= 11 is 0. The molecule has 2 heteroatoms. The van der Waals surface area contributed by atoms with Crippen LogP contribution in [0.3, 0.4) is 0 Å². The zero-order chi connectivity index (χ0) is 11.1. The van der Waals surface area contributed by atoms with E-state index in [1.54, 1.807) is 0 Å². The third-order valence-electron chi connectivity index (χ3n) is 3.52. The quantitative estimate of drug-likeness (QED) is 0.684. The highest BCUT2D eigenvalue weighted by molar-refractivity contribution is 5.04. The molecule has 0 aliphatic carbocycles. The number of aliphatic hydroxyl groups is 1. The van der Waals surface area contributed by atoms with Crippen molar-refractivity contribution in [3.8, 4) is 0 Å². The maximum atomic E-state index is 8.78. The number of rotatable bonds is 6. The Balaban J connectivity index is 2.45. The Morgan fingerprint density at radius 3 is 2.67 bits per heavy atom. The molecule has 0 fully saturated rings. The lowest BCUT2D eigenvalue weighted by Gasteiger charge is -2.36. The standard InChI is InChI=1S/C13H24O2/c1-3-12-7-9-13(4-2,15-11-12)8-5-6-10-14/h11,14H,3-10H2,1-2H3. The van der Waals surface area contributed by atoms with Crippen molar-refractivity contribution in [3.05, 3.63) is 11.8 Å². The van der Waals surface area contributed by atoms with Gasteiger partial charge >= 0.3 is 0 Å². The normalized spacial score (nSPS) is 25.9.